The largest absolute Gasteiger partial charge is 0.336 e. The molecular weight excluding hydrogens is 204 g/mol. The lowest BCUT2D eigenvalue weighted by Crippen LogP contribution is -2.51. The van der Waals surface area contributed by atoms with E-state index in [1.165, 1.54) is 0 Å². The minimum absolute atomic E-state index is 0.0963. The van der Waals surface area contributed by atoms with Gasteiger partial charge in [0.15, 0.2) is 0 Å². The average molecular weight is 222 g/mol. The maximum absolute atomic E-state index is 12.2. The van der Waals surface area contributed by atoms with Gasteiger partial charge in [-0.25, -0.2) is 0 Å². The molecule has 88 valence electrons. The first-order chi connectivity index (χ1) is 7.59. The summed E-state index contributed by atoms with van der Waals surface area (Å²) >= 11 is 0. The van der Waals surface area contributed by atoms with Crippen LogP contribution in [0.25, 0.3) is 0 Å². The summed E-state index contributed by atoms with van der Waals surface area (Å²) in [6, 6.07) is 0.370. The van der Waals surface area contributed by atoms with Crippen molar-refractivity contribution in [2.24, 2.45) is 7.05 Å². The van der Waals surface area contributed by atoms with E-state index >= 15 is 0 Å². The minimum atomic E-state index is 0.0963. The zero-order chi connectivity index (χ0) is 11.7. The van der Waals surface area contributed by atoms with Crippen molar-refractivity contribution in [3.8, 4) is 0 Å². The van der Waals surface area contributed by atoms with Gasteiger partial charge in [0, 0.05) is 38.4 Å². The SMILES string of the molecule is Cc1c(C(=O)N2CCNC(C)C2)cnn1C. The summed E-state index contributed by atoms with van der Waals surface area (Å²) in [6.07, 6.45) is 1.66. The van der Waals surface area contributed by atoms with Gasteiger partial charge in [0.25, 0.3) is 5.91 Å². The van der Waals surface area contributed by atoms with Gasteiger partial charge < -0.3 is 10.2 Å². The van der Waals surface area contributed by atoms with Gasteiger partial charge in [-0.15, -0.1) is 0 Å². The minimum Gasteiger partial charge on any atom is -0.336 e. The summed E-state index contributed by atoms with van der Waals surface area (Å²) in [5.41, 5.74) is 1.65. The van der Waals surface area contributed by atoms with Crippen LogP contribution in [0.15, 0.2) is 6.20 Å². The van der Waals surface area contributed by atoms with Gasteiger partial charge in [0.2, 0.25) is 0 Å². The summed E-state index contributed by atoms with van der Waals surface area (Å²) in [4.78, 5) is 14.1. The van der Waals surface area contributed by atoms with Crippen LogP contribution >= 0.6 is 0 Å². The number of carbonyl (C=O) groups excluding carboxylic acids is 1. The normalized spacial score (nSPS) is 21.2. The molecule has 16 heavy (non-hydrogen) atoms. The fourth-order valence-electron chi connectivity index (χ4n) is 2.00. The molecule has 1 aromatic heterocycles. The summed E-state index contributed by atoms with van der Waals surface area (Å²) in [5.74, 6) is 0.0963. The van der Waals surface area contributed by atoms with Crippen LogP contribution in [0.5, 0.6) is 0 Å². The number of nitrogens with zero attached hydrogens (tertiary/aromatic N) is 3. The van der Waals surface area contributed by atoms with Gasteiger partial charge in [-0.05, 0) is 13.8 Å². The standard InChI is InChI=1S/C11H18N4O/c1-8-7-15(5-4-12-8)11(16)10-6-13-14(3)9(10)2/h6,8,12H,4-5,7H2,1-3H3. The summed E-state index contributed by atoms with van der Waals surface area (Å²) < 4.78 is 1.73. The smallest absolute Gasteiger partial charge is 0.257 e. The molecule has 2 heterocycles. The van der Waals surface area contributed by atoms with E-state index in [0.717, 1.165) is 30.9 Å². The van der Waals surface area contributed by atoms with Crippen LogP contribution in [0.3, 0.4) is 0 Å². The van der Waals surface area contributed by atoms with E-state index in [4.69, 9.17) is 0 Å². The van der Waals surface area contributed by atoms with Crippen molar-refractivity contribution in [2.45, 2.75) is 19.9 Å². The topological polar surface area (TPSA) is 50.2 Å². The lowest BCUT2D eigenvalue weighted by molar-refractivity contribution is 0.0708. The molecular formula is C11H18N4O. The van der Waals surface area contributed by atoms with Crippen molar-refractivity contribution in [2.75, 3.05) is 19.6 Å². The third kappa shape index (κ3) is 1.95. The molecule has 5 nitrogen and oxygen atoms in total. The van der Waals surface area contributed by atoms with Crippen LogP contribution in [0.4, 0.5) is 0 Å². The molecule has 1 saturated heterocycles. The first kappa shape index (κ1) is 11.1. The van der Waals surface area contributed by atoms with E-state index < -0.39 is 0 Å². The Morgan fingerprint density at radius 2 is 2.38 bits per heavy atom. The van der Waals surface area contributed by atoms with Crippen molar-refractivity contribution in [1.82, 2.24) is 20.0 Å². The second-order valence-electron chi connectivity index (χ2n) is 4.37. The van der Waals surface area contributed by atoms with Crippen molar-refractivity contribution >= 4 is 5.91 Å². The van der Waals surface area contributed by atoms with Crippen molar-refractivity contribution in [3.63, 3.8) is 0 Å². The quantitative estimate of drug-likeness (QED) is 0.736. The molecule has 0 bridgehead atoms. The average Bonchev–Trinajstić information content (AvgIpc) is 2.59. The van der Waals surface area contributed by atoms with Crippen LogP contribution in [0.2, 0.25) is 0 Å². The third-order valence-corrected chi connectivity index (χ3v) is 3.12. The summed E-state index contributed by atoms with van der Waals surface area (Å²) in [6.45, 7) is 6.43. The Morgan fingerprint density at radius 3 is 2.94 bits per heavy atom. The molecule has 1 aromatic rings. The van der Waals surface area contributed by atoms with Crippen LogP contribution < -0.4 is 5.32 Å². The van der Waals surface area contributed by atoms with Gasteiger partial charge >= 0.3 is 0 Å². The third-order valence-electron chi connectivity index (χ3n) is 3.12. The predicted octanol–water partition coefficient (Wildman–Crippen LogP) is 0.162. The summed E-state index contributed by atoms with van der Waals surface area (Å²) in [7, 11) is 1.85. The zero-order valence-corrected chi connectivity index (χ0v) is 10.0. The molecule has 0 saturated carbocycles. The molecule has 1 atom stereocenters. The van der Waals surface area contributed by atoms with Crippen LogP contribution in [-0.2, 0) is 7.05 Å². The summed E-state index contributed by atoms with van der Waals surface area (Å²) in [5, 5.41) is 7.43. The number of hydrogen-bond acceptors (Lipinski definition) is 3. The highest BCUT2D eigenvalue weighted by atomic mass is 16.2. The Balaban J connectivity index is 2.15. The number of aromatic nitrogens is 2. The van der Waals surface area contributed by atoms with E-state index in [1.54, 1.807) is 10.9 Å². The monoisotopic (exact) mass is 222 g/mol. The van der Waals surface area contributed by atoms with Crippen molar-refractivity contribution in [1.29, 1.82) is 0 Å². The molecule has 0 radical (unpaired) electrons. The fourth-order valence-corrected chi connectivity index (χ4v) is 2.00. The Bertz CT molecular complexity index is 399. The maximum Gasteiger partial charge on any atom is 0.257 e. The Kier molecular flexibility index (Phi) is 2.96. The predicted molar refractivity (Wildman–Crippen MR) is 61.3 cm³/mol. The first-order valence-electron chi connectivity index (χ1n) is 5.61. The molecule has 1 N–H and O–H groups in total. The van der Waals surface area contributed by atoms with E-state index in [-0.39, 0.29) is 5.91 Å². The van der Waals surface area contributed by atoms with Gasteiger partial charge in [-0.1, -0.05) is 0 Å². The second-order valence-corrected chi connectivity index (χ2v) is 4.37. The molecule has 1 aliphatic heterocycles. The highest BCUT2D eigenvalue weighted by Crippen LogP contribution is 2.11. The van der Waals surface area contributed by atoms with Gasteiger partial charge in [-0.3, -0.25) is 9.48 Å². The fraction of sp³-hybridized carbons (Fsp3) is 0.636. The second kappa shape index (κ2) is 4.25. The highest BCUT2D eigenvalue weighted by Gasteiger charge is 2.23. The van der Waals surface area contributed by atoms with Gasteiger partial charge in [0.05, 0.1) is 11.8 Å². The Hall–Kier alpha value is -1.36. The number of hydrogen-bond donors (Lipinski definition) is 1. The number of aryl methyl sites for hydroxylation is 1. The number of rotatable bonds is 1. The lowest BCUT2D eigenvalue weighted by atomic mass is 10.2. The molecule has 5 heteroatoms. The highest BCUT2D eigenvalue weighted by molar-refractivity contribution is 5.95. The molecule has 1 aliphatic rings. The Morgan fingerprint density at radius 1 is 1.62 bits per heavy atom. The van der Waals surface area contributed by atoms with Crippen LogP contribution in [-0.4, -0.2) is 46.3 Å². The molecule has 1 amide bonds. The lowest BCUT2D eigenvalue weighted by Gasteiger charge is -2.31. The molecule has 0 aliphatic carbocycles. The Labute approximate surface area is 95.4 Å². The van der Waals surface area contributed by atoms with E-state index in [0.29, 0.717) is 6.04 Å². The first-order valence-corrected chi connectivity index (χ1v) is 5.61. The maximum atomic E-state index is 12.2. The zero-order valence-electron chi connectivity index (χ0n) is 10.0. The number of amides is 1. The van der Waals surface area contributed by atoms with Gasteiger partial charge in [-0.2, -0.15) is 5.10 Å². The number of nitrogens with one attached hydrogen (secondary N) is 1. The molecule has 2 rings (SSSR count). The van der Waals surface area contributed by atoms with Crippen LogP contribution in [0, 0.1) is 6.92 Å². The molecule has 1 fully saturated rings. The molecule has 1 unspecified atom stereocenters. The van der Waals surface area contributed by atoms with E-state index in [1.807, 2.05) is 18.9 Å². The molecule has 0 spiro atoms. The van der Waals surface area contributed by atoms with E-state index in [2.05, 4.69) is 17.3 Å². The van der Waals surface area contributed by atoms with Crippen molar-refractivity contribution in [3.05, 3.63) is 17.5 Å². The number of piperazine rings is 1. The van der Waals surface area contributed by atoms with E-state index in [9.17, 15) is 4.79 Å². The molecule has 0 aromatic carbocycles. The van der Waals surface area contributed by atoms with Crippen molar-refractivity contribution < 1.29 is 4.79 Å². The van der Waals surface area contributed by atoms with Crippen LogP contribution in [0.1, 0.15) is 23.0 Å². The number of carbonyl (C=O) groups is 1. The van der Waals surface area contributed by atoms with Gasteiger partial charge in [0.1, 0.15) is 0 Å².